The molecular formula is C16H12ClF3N2O3S2. The van der Waals surface area contributed by atoms with E-state index in [2.05, 4.69) is 9.28 Å². The fourth-order valence-electron chi connectivity index (χ4n) is 1.91. The summed E-state index contributed by atoms with van der Waals surface area (Å²) in [6.07, 6.45) is 0. The summed E-state index contributed by atoms with van der Waals surface area (Å²) < 4.78 is 63.4. The molecule has 0 unspecified atom stereocenters. The van der Waals surface area contributed by atoms with Gasteiger partial charge in [0.05, 0.1) is 11.2 Å². The van der Waals surface area contributed by atoms with Crippen molar-refractivity contribution in [3.05, 3.63) is 64.7 Å². The average Bonchev–Trinajstić information content (AvgIpc) is 2.60. The lowest BCUT2D eigenvalue weighted by molar-refractivity contribution is -0.0500. The van der Waals surface area contributed by atoms with Gasteiger partial charge in [0.25, 0.3) is 0 Å². The van der Waals surface area contributed by atoms with Crippen LogP contribution in [0.15, 0.2) is 53.6 Å². The third-order valence-corrected chi connectivity index (χ3v) is 4.68. The zero-order chi connectivity index (χ0) is 20.2. The van der Waals surface area contributed by atoms with Crippen LogP contribution < -0.4 is 4.18 Å². The molecule has 0 saturated carbocycles. The number of alkyl halides is 3. The van der Waals surface area contributed by atoms with Crippen LogP contribution in [0.5, 0.6) is 5.75 Å². The summed E-state index contributed by atoms with van der Waals surface area (Å²) in [6, 6.07) is 11.7. The van der Waals surface area contributed by atoms with Crippen molar-refractivity contribution in [3.63, 3.8) is 0 Å². The molecule has 0 heterocycles. The molecule has 2 rings (SSSR count). The van der Waals surface area contributed by atoms with E-state index in [0.29, 0.717) is 21.9 Å². The van der Waals surface area contributed by atoms with Gasteiger partial charge in [-0.05, 0) is 36.4 Å². The minimum Gasteiger partial charge on any atom is -0.376 e. The Labute approximate surface area is 164 Å². The summed E-state index contributed by atoms with van der Waals surface area (Å²) in [5.74, 6) is -0.477. The summed E-state index contributed by atoms with van der Waals surface area (Å²) in [5, 5.41) is 6.21. The molecular weight excluding hydrogens is 425 g/mol. The number of benzene rings is 2. The molecule has 0 saturated heterocycles. The molecule has 2 aromatic carbocycles. The van der Waals surface area contributed by atoms with E-state index in [4.69, 9.17) is 23.8 Å². The predicted octanol–water partition coefficient (Wildman–Crippen LogP) is 4.21. The van der Waals surface area contributed by atoms with Gasteiger partial charge < -0.3 is 4.18 Å². The number of rotatable bonds is 6. The van der Waals surface area contributed by atoms with Gasteiger partial charge in [0.1, 0.15) is 5.75 Å². The summed E-state index contributed by atoms with van der Waals surface area (Å²) in [5.41, 5.74) is -2.61. The van der Waals surface area contributed by atoms with Crippen molar-refractivity contribution < 1.29 is 25.8 Å². The zero-order valence-electron chi connectivity index (χ0n) is 13.6. The van der Waals surface area contributed by atoms with Gasteiger partial charge in [-0.3, -0.25) is 5.01 Å². The maximum Gasteiger partial charge on any atom is 0.534 e. The van der Waals surface area contributed by atoms with E-state index >= 15 is 0 Å². The molecule has 0 fully saturated rings. The molecule has 0 aliphatic rings. The average molecular weight is 437 g/mol. The SMILES string of the molecule is CN(C=S)N=C(c1ccc(Cl)cc1)c1ccc(OS(=O)(=O)C(F)(F)F)cc1. The molecule has 0 spiro atoms. The van der Waals surface area contributed by atoms with Crippen molar-refractivity contribution in [1.29, 1.82) is 0 Å². The molecule has 5 nitrogen and oxygen atoms in total. The third-order valence-electron chi connectivity index (χ3n) is 3.15. The van der Waals surface area contributed by atoms with Crippen molar-refractivity contribution in [2.24, 2.45) is 5.10 Å². The van der Waals surface area contributed by atoms with Crippen LogP contribution in [-0.4, -0.2) is 37.2 Å². The summed E-state index contributed by atoms with van der Waals surface area (Å²) in [4.78, 5) is 0. The van der Waals surface area contributed by atoms with Gasteiger partial charge in [0, 0.05) is 23.2 Å². The minimum atomic E-state index is -5.74. The molecule has 0 radical (unpaired) electrons. The normalized spacial score (nSPS) is 12.6. The molecule has 0 atom stereocenters. The lowest BCUT2D eigenvalue weighted by Crippen LogP contribution is -2.28. The van der Waals surface area contributed by atoms with E-state index < -0.39 is 21.4 Å². The quantitative estimate of drug-likeness (QED) is 0.223. The van der Waals surface area contributed by atoms with Crippen LogP contribution in [-0.2, 0) is 10.1 Å². The monoisotopic (exact) mass is 436 g/mol. The Morgan fingerprint density at radius 1 is 1.11 bits per heavy atom. The number of thiocarbonyl (C=S) groups is 1. The van der Waals surface area contributed by atoms with E-state index in [9.17, 15) is 21.6 Å². The molecule has 0 bridgehead atoms. The van der Waals surface area contributed by atoms with Crippen LogP contribution in [0.25, 0.3) is 0 Å². The second-order valence-electron chi connectivity index (χ2n) is 5.14. The third kappa shape index (κ3) is 5.41. The van der Waals surface area contributed by atoms with Crippen LogP contribution in [0.3, 0.4) is 0 Å². The highest BCUT2D eigenvalue weighted by Crippen LogP contribution is 2.27. The molecule has 0 amide bonds. The number of hydrogen-bond acceptors (Lipinski definition) is 5. The predicted molar refractivity (Wildman–Crippen MR) is 101 cm³/mol. The Morgan fingerprint density at radius 3 is 2.04 bits per heavy atom. The van der Waals surface area contributed by atoms with Gasteiger partial charge >= 0.3 is 15.6 Å². The topological polar surface area (TPSA) is 59.0 Å². The standard InChI is InChI=1S/C16H12ClF3N2O3S2/c1-22(10-26)21-15(11-2-6-13(17)7-3-11)12-4-8-14(9-5-12)25-27(23,24)16(18,19)20/h2-10H,1H3. The number of nitrogens with zero attached hydrogens (tertiary/aromatic N) is 2. The maximum absolute atomic E-state index is 12.4. The van der Waals surface area contributed by atoms with Gasteiger partial charge in [-0.2, -0.15) is 26.7 Å². The van der Waals surface area contributed by atoms with Gasteiger partial charge in [-0.25, -0.2) is 0 Å². The van der Waals surface area contributed by atoms with E-state index in [0.717, 1.165) is 12.1 Å². The van der Waals surface area contributed by atoms with E-state index in [1.807, 2.05) is 0 Å². The molecule has 2 aromatic rings. The van der Waals surface area contributed by atoms with Gasteiger partial charge in [-0.1, -0.05) is 36.0 Å². The molecule has 0 N–H and O–H groups in total. The van der Waals surface area contributed by atoms with Crippen LogP contribution >= 0.6 is 23.8 Å². The molecule has 0 aliphatic carbocycles. The molecule has 144 valence electrons. The molecule has 0 aromatic heterocycles. The first-order chi connectivity index (χ1) is 12.5. The van der Waals surface area contributed by atoms with Crippen LogP contribution in [0, 0.1) is 0 Å². The first-order valence-electron chi connectivity index (χ1n) is 7.17. The van der Waals surface area contributed by atoms with Crippen LogP contribution in [0.2, 0.25) is 5.02 Å². The van der Waals surface area contributed by atoms with E-state index in [1.54, 1.807) is 31.3 Å². The van der Waals surface area contributed by atoms with Gasteiger partial charge in [0.2, 0.25) is 0 Å². The second kappa shape index (κ2) is 8.24. The van der Waals surface area contributed by atoms with Gasteiger partial charge in [-0.15, -0.1) is 0 Å². The highest BCUT2D eigenvalue weighted by Gasteiger charge is 2.48. The van der Waals surface area contributed by atoms with Crippen molar-refractivity contribution in [1.82, 2.24) is 5.01 Å². The van der Waals surface area contributed by atoms with Crippen molar-refractivity contribution >= 4 is 45.1 Å². The first-order valence-corrected chi connectivity index (χ1v) is 9.43. The summed E-state index contributed by atoms with van der Waals surface area (Å²) >= 11 is 10.7. The molecule has 11 heteroatoms. The fraction of sp³-hybridized carbons (Fsp3) is 0.125. The smallest absolute Gasteiger partial charge is 0.376 e. The van der Waals surface area contributed by atoms with Crippen molar-refractivity contribution in [2.45, 2.75) is 5.51 Å². The maximum atomic E-state index is 12.4. The highest BCUT2D eigenvalue weighted by molar-refractivity contribution is 7.88. The lowest BCUT2D eigenvalue weighted by Gasteiger charge is -2.13. The number of halogens is 4. The Bertz CT molecular complexity index is 944. The van der Waals surface area contributed by atoms with E-state index in [1.165, 1.54) is 22.6 Å². The molecule has 0 aliphatic heterocycles. The zero-order valence-corrected chi connectivity index (χ0v) is 16.0. The fourth-order valence-corrected chi connectivity index (χ4v) is 2.55. The number of hydrogen-bond donors (Lipinski definition) is 0. The van der Waals surface area contributed by atoms with Crippen molar-refractivity contribution in [2.75, 3.05) is 7.05 Å². The van der Waals surface area contributed by atoms with Gasteiger partial charge in [0.15, 0.2) is 0 Å². The minimum absolute atomic E-state index is 0.445. The number of hydrazone groups is 1. The first kappa shape index (κ1) is 21.1. The largest absolute Gasteiger partial charge is 0.534 e. The molecule has 27 heavy (non-hydrogen) atoms. The van der Waals surface area contributed by atoms with Crippen LogP contribution in [0.1, 0.15) is 11.1 Å². The Hall–Kier alpha value is -2.17. The highest BCUT2D eigenvalue weighted by atomic mass is 35.5. The summed E-state index contributed by atoms with van der Waals surface area (Å²) in [6.45, 7) is 0. The summed E-state index contributed by atoms with van der Waals surface area (Å²) in [7, 11) is -4.13. The second-order valence-corrected chi connectivity index (χ2v) is 7.33. The van der Waals surface area contributed by atoms with Crippen molar-refractivity contribution in [3.8, 4) is 5.75 Å². The van der Waals surface area contributed by atoms with Crippen LogP contribution in [0.4, 0.5) is 13.2 Å². The lowest BCUT2D eigenvalue weighted by atomic mass is 10.0. The Kier molecular flexibility index (Phi) is 6.45. The van der Waals surface area contributed by atoms with E-state index in [-0.39, 0.29) is 0 Å². The Balaban J connectivity index is 2.39. The Morgan fingerprint density at radius 2 is 1.59 bits per heavy atom.